The summed E-state index contributed by atoms with van der Waals surface area (Å²) in [4.78, 5) is 60.2. The highest BCUT2D eigenvalue weighted by Gasteiger charge is 2.61. The normalized spacial score (nSPS) is 27.8. The fourth-order valence-corrected chi connectivity index (χ4v) is 4.80. The number of fused-ring (bicyclic) bond motifs is 5. The van der Waals surface area contributed by atoms with E-state index in [0.717, 1.165) is 24.2 Å². The van der Waals surface area contributed by atoms with Crippen LogP contribution in [-0.4, -0.2) is 46.5 Å². The van der Waals surface area contributed by atoms with E-state index in [1.807, 2.05) is 0 Å². The van der Waals surface area contributed by atoms with Gasteiger partial charge in [0, 0.05) is 17.7 Å². The summed E-state index contributed by atoms with van der Waals surface area (Å²) in [5.74, 6) is -2.11. The first-order valence-corrected chi connectivity index (χ1v) is 9.15. The van der Waals surface area contributed by atoms with E-state index in [1.165, 1.54) is 24.3 Å². The van der Waals surface area contributed by atoms with E-state index in [-0.39, 0.29) is 46.7 Å². The molecule has 9 nitrogen and oxygen atoms in total. The van der Waals surface area contributed by atoms with Crippen molar-refractivity contribution in [1.82, 2.24) is 4.90 Å². The van der Waals surface area contributed by atoms with Crippen LogP contribution >= 0.6 is 0 Å². The Hall–Kier alpha value is -3.10. The molecule has 1 aromatic carbocycles. The van der Waals surface area contributed by atoms with E-state index in [4.69, 9.17) is 4.74 Å². The van der Waals surface area contributed by atoms with Gasteiger partial charge in [-0.2, -0.15) is 0 Å². The zero-order chi connectivity index (χ0) is 20.0. The van der Waals surface area contributed by atoms with Gasteiger partial charge in [-0.3, -0.25) is 34.2 Å². The van der Waals surface area contributed by atoms with Crippen LogP contribution in [0.15, 0.2) is 24.3 Å². The Morgan fingerprint density at radius 1 is 1.07 bits per heavy atom. The number of likely N-dealkylation sites (tertiary alicyclic amines) is 1. The number of ether oxygens (including phenoxy) is 1. The van der Waals surface area contributed by atoms with Gasteiger partial charge in [0.2, 0.25) is 11.8 Å². The quantitative estimate of drug-likeness (QED) is 0.238. The molecule has 0 aromatic heterocycles. The number of hydrogen-bond acceptors (Lipinski definition) is 7. The van der Waals surface area contributed by atoms with E-state index < -0.39 is 29.8 Å². The predicted octanol–water partition coefficient (Wildman–Crippen LogP) is 1.35. The maximum Gasteiger partial charge on any atom is 0.326 e. The molecule has 2 bridgehead atoms. The lowest BCUT2D eigenvalue weighted by molar-refractivity contribution is -0.384. The first-order chi connectivity index (χ1) is 13.4. The maximum absolute atomic E-state index is 12.5. The fraction of sp³-hybridized carbons (Fsp3) is 0.474. The van der Waals surface area contributed by atoms with E-state index in [0.29, 0.717) is 0 Å². The first kappa shape index (κ1) is 18.3. The number of nitrogens with zero attached hydrogens (tertiary/aromatic N) is 2. The smallest absolute Gasteiger partial charge is 0.326 e. The summed E-state index contributed by atoms with van der Waals surface area (Å²) < 4.78 is 4.92. The van der Waals surface area contributed by atoms with Crippen molar-refractivity contribution in [3.63, 3.8) is 0 Å². The molecule has 2 amide bonds. The Kier molecular flexibility index (Phi) is 4.44. The molecule has 1 heterocycles. The van der Waals surface area contributed by atoms with E-state index in [2.05, 4.69) is 0 Å². The minimum atomic E-state index is -0.829. The molecule has 3 aliphatic rings. The van der Waals surface area contributed by atoms with Crippen LogP contribution in [0.2, 0.25) is 0 Å². The average molecular weight is 386 g/mol. The number of benzene rings is 1. The van der Waals surface area contributed by atoms with Gasteiger partial charge in [0.05, 0.1) is 16.8 Å². The number of non-ortho nitro benzene ring substituents is 1. The lowest BCUT2D eigenvalue weighted by atomic mass is 9.81. The zero-order valence-corrected chi connectivity index (χ0v) is 14.9. The van der Waals surface area contributed by atoms with Crippen LogP contribution in [0.3, 0.4) is 0 Å². The molecule has 4 atom stereocenters. The number of ketones is 1. The molecule has 1 saturated heterocycles. The second kappa shape index (κ2) is 6.81. The third kappa shape index (κ3) is 2.96. The number of imide groups is 1. The summed E-state index contributed by atoms with van der Waals surface area (Å²) in [6.07, 6.45) is 2.81. The largest absolute Gasteiger partial charge is 0.456 e. The number of carbonyl (C=O) groups is 4. The Balaban J connectivity index is 1.32. The van der Waals surface area contributed by atoms with E-state index in [1.54, 1.807) is 0 Å². The highest BCUT2D eigenvalue weighted by molar-refractivity contribution is 6.08. The van der Waals surface area contributed by atoms with Crippen LogP contribution in [-0.2, 0) is 19.1 Å². The lowest BCUT2D eigenvalue weighted by Crippen LogP contribution is -2.38. The minimum absolute atomic E-state index is 0.154. The van der Waals surface area contributed by atoms with Crippen LogP contribution in [0.25, 0.3) is 0 Å². The first-order valence-electron chi connectivity index (χ1n) is 9.15. The molecule has 1 aromatic rings. The van der Waals surface area contributed by atoms with Crippen molar-refractivity contribution >= 4 is 29.3 Å². The van der Waals surface area contributed by atoms with Crippen molar-refractivity contribution in [2.45, 2.75) is 19.3 Å². The van der Waals surface area contributed by atoms with Gasteiger partial charge in [-0.25, -0.2) is 0 Å². The summed E-state index contributed by atoms with van der Waals surface area (Å²) in [6.45, 7) is -1.05. The number of rotatable bonds is 6. The maximum atomic E-state index is 12.5. The second-order valence-electron chi connectivity index (χ2n) is 7.54. The molecule has 4 rings (SSSR count). The lowest BCUT2D eigenvalue weighted by Gasteiger charge is -2.19. The summed E-state index contributed by atoms with van der Waals surface area (Å²) in [6, 6.07) is 4.92. The van der Waals surface area contributed by atoms with Gasteiger partial charge in [0.25, 0.3) is 5.69 Å². The van der Waals surface area contributed by atoms with Gasteiger partial charge >= 0.3 is 5.97 Å². The van der Waals surface area contributed by atoms with Gasteiger partial charge in [-0.05, 0) is 43.2 Å². The Labute approximate surface area is 159 Å². The van der Waals surface area contributed by atoms with Crippen molar-refractivity contribution in [3.05, 3.63) is 39.9 Å². The Morgan fingerprint density at radius 2 is 1.64 bits per heavy atom. The molecule has 0 radical (unpaired) electrons. The van der Waals surface area contributed by atoms with Gasteiger partial charge < -0.3 is 4.74 Å². The standard InChI is InChI=1S/C19H18N2O7/c22-14(10-3-5-13(6-4-10)21(26)27)9-28-15(23)8-20-18(24)16-11-1-2-12(7-11)17(16)19(20)25/h3-6,11-12,16-17H,1-2,7-9H2/t11-,12+,16-,17-/m0/s1. The number of nitro groups is 1. The number of hydrogen-bond donors (Lipinski definition) is 0. The Morgan fingerprint density at radius 3 is 2.18 bits per heavy atom. The number of esters is 1. The van der Waals surface area contributed by atoms with Crippen molar-refractivity contribution in [1.29, 1.82) is 0 Å². The molecule has 0 spiro atoms. The third-order valence-electron chi connectivity index (χ3n) is 6.07. The number of amides is 2. The summed E-state index contributed by atoms with van der Waals surface area (Å²) in [5, 5.41) is 10.6. The van der Waals surface area contributed by atoms with Crippen molar-refractivity contribution in [2.24, 2.45) is 23.7 Å². The Bertz CT molecular complexity index is 851. The zero-order valence-electron chi connectivity index (χ0n) is 14.9. The van der Waals surface area contributed by atoms with Crippen molar-refractivity contribution in [2.75, 3.05) is 13.2 Å². The fourth-order valence-electron chi connectivity index (χ4n) is 4.80. The van der Waals surface area contributed by atoms with Crippen LogP contribution in [0.1, 0.15) is 29.6 Å². The molecule has 28 heavy (non-hydrogen) atoms. The molecule has 0 N–H and O–H groups in total. The molecule has 2 saturated carbocycles. The van der Waals surface area contributed by atoms with Crippen molar-refractivity contribution < 1.29 is 28.8 Å². The molecule has 9 heteroatoms. The molecule has 3 fully saturated rings. The number of Topliss-reactive ketones (excluding diaryl/α,β-unsaturated/α-hetero) is 1. The van der Waals surface area contributed by atoms with Gasteiger partial charge in [-0.15, -0.1) is 0 Å². The van der Waals surface area contributed by atoms with Crippen molar-refractivity contribution in [3.8, 4) is 0 Å². The van der Waals surface area contributed by atoms with Gasteiger partial charge in [-0.1, -0.05) is 0 Å². The second-order valence-corrected chi connectivity index (χ2v) is 7.54. The van der Waals surface area contributed by atoms with E-state index in [9.17, 15) is 29.3 Å². The van der Waals surface area contributed by atoms with Gasteiger partial charge in [0.1, 0.15) is 6.54 Å². The molecule has 1 aliphatic heterocycles. The number of carbonyl (C=O) groups excluding carboxylic acids is 4. The van der Waals surface area contributed by atoms with E-state index >= 15 is 0 Å². The van der Waals surface area contributed by atoms with Crippen LogP contribution in [0.5, 0.6) is 0 Å². The topological polar surface area (TPSA) is 124 Å². The molecule has 146 valence electrons. The monoisotopic (exact) mass is 386 g/mol. The van der Waals surface area contributed by atoms with Crippen LogP contribution in [0, 0.1) is 33.8 Å². The predicted molar refractivity (Wildman–Crippen MR) is 92.9 cm³/mol. The summed E-state index contributed by atoms with van der Waals surface area (Å²) in [5.41, 5.74) is 0.0111. The third-order valence-corrected chi connectivity index (χ3v) is 6.07. The summed E-state index contributed by atoms with van der Waals surface area (Å²) >= 11 is 0. The average Bonchev–Trinajstić information content (AvgIpc) is 3.36. The summed E-state index contributed by atoms with van der Waals surface area (Å²) in [7, 11) is 0. The van der Waals surface area contributed by atoms with Crippen LogP contribution < -0.4 is 0 Å². The minimum Gasteiger partial charge on any atom is -0.456 e. The molecule has 2 aliphatic carbocycles. The van der Waals surface area contributed by atoms with Crippen LogP contribution in [0.4, 0.5) is 5.69 Å². The molecule has 0 unspecified atom stereocenters. The highest BCUT2D eigenvalue weighted by atomic mass is 16.6. The molecular weight excluding hydrogens is 368 g/mol. The number of nitro benzene ring substituents is 1. The molecular formula is C19H18N2O7. The SMILES string of the molecule is O=C(CN1C(=O)[C@H]2[C@@H]3CC[C@@H](C3)[C@@H]2C1=O)OCC(=O)c1ccc([N+](=O)[O-])cc1. The van der Waals surface area contributed by atoms with Gasteiger partial charge in [0.15, 0.2) is 12.4 Å². The highest BCUT2D eigenvalue weighted by Crippen LogP contribution is 2.56.